The van der Waals surface area contributed by atoms with Crippen LogP contribution in [0.2, 0.25) is 0 Å². The lowest BCUT2D eigenvalue weighted by Crippen LogP contribution is -2.02. The standard InChI is InChI=1S/C17H20N2OS/c1-4-14-16(7-9-18)21-17(19-14)8-10-20-15-6-5-12(2)11-13(15)3/h5-6,11H,4,7-8,10H2,1-3H3. The quantitative estimate of drug-likeness (QED) is 0.809. The normalized spacial score (nSPS) is 10.4. The molecule has 21 heavy (non-hydrogen) atoms. The Balaban J connectivity index is 1.95. The van der Waals surface area contributed by atoms with E-state index in [0.29, 0.717) is 13.0 Å². The van der Waals surface area contributed by atoms with Crippen molar-refractivity contribution in [3.8, 4) is 11.8 Å². The summed E-state index contributed by atoms with van der Waals surface area (Å²) in [7, 11) is 0. The lowest BCUT2D eigenvalue weighted by atomic mass is 10.1. The maximum Gasteiger partial charge on any atom is 0.122 e. The fourth-order valence-corrected chi connectivity index (χ4v) is 3.31. The van der Waals surface area contributed by atoms with Gasteiger partial charge >= 0.3 is 0 Å². The molecule has 0 radical (unpaired) electrons. The number of rotatable bonds is 6. The van der Waals surface area contributed by atoms with E-state index in [1.807, 2.05) is 6.07 Å². The maximum atomic E-state index is 8.83. The van der Waals surface area contributed by atoms with Gasteiger partial charge in [0.15, 0.2) is 0 Å². The summed E-state index contributed by atoms with van der Waals surface area (Å²) in [6, 6.07) is 8.41. The molecular formula is C17H20N2OS. The summed E-state index contributed by atoms with van der Waals surface area (Å²) in [5, 5.41) is 9.89. The number of nitriles is 1. The van der Waals surface area contributed by atoms with E-state index in [1.54, 1.807) is 11.3 Å². The number of aromatic nitrogens is 1. The monoisotopic (exact) mass is 300 g/mol. The first-order valence-electron chi connectivity index (χ1n) is 7.18. The van der Waals surface area contributed by atoms with Crippen LogP contribution in [-0.2, 0) is 19.3 Å². The van der Waals surface area contributed by atoms with Gasteiger partial charge in [-0.2, -0.15) is 5.26 Å². The summed E-state index contributed by atoms with van der Waals surface area (Å²) in [4.78, 5) is 5.70. The van der Waals surface area contributed by atoms with Crippen LogP contribution in [0.25, 0.3) is 0 Å². The Labute approximate surface area is 130 Å². The zero-order chi connectivity index (χ0) is 15.2. The Hall–Kier alpha value is -1.86. The fourth-order valence-electron chi connectivity index (χ4n) is 2.24. The molecule has 0 unspecified atom stereocenters. The molecule has 0 saturated carbocycles. The number of ether oxygens (including phenoxy) is 1. The average Bonchev–Trinajstić information content (AvgIpc) is 2.84. The summed E-state index contributed by atoms with van der Waals surface area (Å²) in [6.45, 7) is 6.83. The molecule has 2 aromatic rings. The number of nitrogens with zero attached hydrogens (tertiary/aromatic N) is 2. The highest BCUT2D eigenvalue weighted by molar-refractivity contribution is 7.11. The van der Waals surface area contributed by atoms with Crippen LogP contribution < -0.4 is 4.74 Å². The summed E-state index contributed by atoms with van der Waals surface area (Å²) in [6.07, 6.45) is 2.13. The van der Waals surface area contributed by atoms with E-state index in [9.17, 15) is 0 Å². The first kappa shape index (κ1) is 15.5. The van der Waals surface area contributed by atoms with E-state index in [0.717, 1.165) is 39.7 Å². The van der Waals surface area contributed by atoms with Gasteiger partial charge < -0.3 is 4.74 Å². The van der Waals surface area contributed by atoms with Crippen molar-refractivity contribution in [2.45, 2.75) is 40.0 Å². The summed E-state index contributed by atoms with van der Waals surface area (Å²) >= 11 is 1.64. The highest BCUT2D eigenvalue weighted by Gasteiger charge is 2.09. The van der Waals surface area contributed by atoms with Gasteiger partial charge in [0.1, 0.15) is 5.75 Å². The molecule has 1 heterocycles. The Morgan fingerprint density at radius 2 is 2.14 bits per heavy atom. The molecule has 0 atom stereocenters. The Morgan fingerprint density at radius 1 is 1.33 bits per heavy atom. The second kappa shape index (κ2) is 7.24. The number of hydrogen-bond acceptors (Lipinski definition) is 4. The fraction of sp³-hybridized carbons (Fsp3) is 0.412. The molecule has 0 N–H and O–H groups in total. The maximum absolute atomic E-state index is 8.83. The van der Waals surface area contributed by atoms with Crippen molar-refractivity contribution < 1.29 is 4.74 Å². The largest absolute Gasteiger partial charge is 0.493 e. The third-order valence-corrected chi connectivity index (χ3v) is 4.46. The average molecular weight is 300 g/mol. The van der Waals surface area contributed by atoms with E-state index in [4.69, 9.17) is 10.00 Å². The lowest BCUT2D eigenvalue weighted by molar-refractivity contribution is 0.319. The molecule has 2 rings (SSSR count). The molecule has 0 spiro atoms. The van der Waals surface area contributed by atoms with Gasteiger partial charge in [-0.3, -0.25) is 0 Å². The van der Waals surface area contributed by atoms with Crippen LogP contribution in [0.5, 0.6) is 5.75 Å². The molecule has 0 saturated heterocycles. The van der Waals surface area contributed by atoms with E-state index in [-0.39, 0.29) is 0 Å². The molecular weight excluding hydrogens is 280 g/mol. The van der Waals surface area contributed by atoms with Gasteiger partial charge in [-0.25, -0.2) is 4.98 Å². The Bertz CT molecular complexity index is 655. The van der Waals surface area contributed by atoms with Crippen LogP contribution in [0, 0.1) is 25.2 Å². The molecule has 110 valence electrons. The SMILES string of the molecule is CCc1nc(CCOc2ccc(C)cc2C)sc1CC#N. The zero-order valence-corrected chi connectivity index (χ0v) is 13.6. The first-order valence-corrected chi connectivity index (χ1v) is 8.00. The predicted molar refractivity (Wildman–Crippen MR) is 85.9 cm³/mol. The van der Waals surface area contributed by atoms with E-state index in [2.05, 4.69) is 44.0 Å². The van der Waals surface area contributed by atoms with Crippen LogP contribution in [0.4, 0.5) is 0 Å². The highest BCUT2D eigenvalue weighted by atomic mass is 32.1. The minimum Gasteiger partial charge on any atom is -0.493 e. The molecule has 0 aliphatic rings. The molecule has 0 amide bonds. The van der Waals surface area contributed by atoms with Crippen molar-refractivity contribution in [1.82, 2.24) is 4.98 Å². The van der Waals surface area contributed by atoms with Crippen LogP contribution >= 0.6 is 11.3 Å². The summed E-state index contributed by atoms with van der Waals surface area (Å²) in [5.74, 6) is 0.935. The zero-order valence-electron chi connectivity index (χ0n) is 12.8. The topological polar surface area (TPSA) is 45.9 Å². The van der Waals surface area contributed by atoms with Gasteiger partial charge in [0.05, 0.1) is 29.8 Å². The Morgan fingerprint density at radius 3 is 2.81 bits per heavy atom. The first-order chi connectivity index (χ1) is 10.1. The molecule has 0 fully saturated rings. The van der Waals surface area contributed by atoms with Gasteiger partial charge in [0, 0.05) is 11.3 Å². The van der Waals surface area contributed by atoms with E-state index >= 15 is 0 Å². The lowest BCUT2D eigenvalue weighted by Gasteiger charge is -2.08. The predicted octanol–water partition coefficient (Wildman–Crippen LogP) is 4.01. The molecule has 0 bridgehead atoms. The van der Waals surface area contributed by atoms with Crippen molar-refractivity contribution in [1.29, 1.82) is 5.26 Å². The minimum absolute atomic E-state index is 0.457. The number of benzene rings is 1. The third-order valence-electron chi connectivity index (χ3n) is 3.30. The molecule has 0 aliphatic carbocycles. The molecule has 1 aromatic heterocycles. The van der Waals surface area contributed by atoms with Crippen molar-refractivity contribution in [2.24, 2.45) is 0 Å². The van der Waals surface area contributed by atoms with Crippen LogP contribution in [0.15, 0.2) is 18.2 Å². The van der Waals surface area contributed by atoms with Gasteiger partial charge in [0.2, 0.25) is 0 Å². The van der Waals surface area contributed by atoms with Crippen molar-refractivity contribution >= 4 is 11.3 Å². The van der Waals surface area contributed by atoms with Crippen LogP contribution in [0.1, 0.15) is 33.6 Å². The van der Waals surface area contributed by atoms with Crippen LogP contribution in [-0.4, -0.2) is 11.6 Å². The summed E-state index contributed by atoms with van der Waals surface area (Å²) < 4.78 is 5.84. The number of hydrogen-bond donors (Lipinski definition) is 0. The van der Waals surface area contributed by atoms with Gasteiger partial charge in [-0.1, -0.05) is 24.6 Å². The number of aryl methyl sites for hydroxylation is 3. The molecule has 4 heteroatoms. The third kappa shape index (κ3) is 4.05. The highest BCUT2D eigenvalue weighted by Crippen LogP contribution is 2.22. The second-order valence-corrected chi connectivity index (χ2v) is 6.20. The van der Waals surface area contributed by atoms with E-state index < -0.39 is 0 Å². The van der Waals surface area contributed by atoms with E-state index in [1.165, 1.54) is 5.56 Å². The molecule has 0 aliphatic heterocycles. The van der Waals surface area contributed by atoms with Crippen LogP contribution in [0.3, 0.4) is 0 Å². The van der Waals surface area contributed by atoms with Crippen molar-refractivity contribution in [3.05, 3.63) is 44.9 Å². The second-order valence-electron chi connectivity index (χ2n) is 5.03. The summed E-state index contributed by atoms with van der Waals surface area (Å²) in [5.41, 5.74) is 3.46. The smallest absolute Gasteiger partial charge is 0.122 e. The molecule has 3 nitrogen and oxygen atoms in total. The van der Waals surface area contributed by atoms with Crippen molar-refractivity contribution in [3.63, 3.8) is 0 Å². The molecule has 1 aromatic carbocycles. The number of thiazole rings is 1. The Kier molecular flexibility index (Phi) is 5.35. The van der Waals surface area contributed by atoms with Gasteiger partial charge in [-0.05, 0) is 31.9 Å². The minimum atomic E-state index is 0.457. The van der Waals surface area contributed by atoms with Gasteiger partial charge in [0.25, 0.3) is 0 Å². The van der Waals surface area contributed by atoms with Gasteiger partial charge in [-0.15, -0.1) is 11.3 Å². The van der Waals surface area contributed by atoms with Crippen molar-refractivity contribution in [2.75, 3.05) is 6.61 Å².